The van der Waals surface area contributed by atoms with E-state index < -0.39 is 23.3 Å². The second-order valence-corrected chi connectivity index (χ2v) is 13.6. The Hall–Kier alpha value is -5.55. The first kappa shape index (κ1) is 36.2. The van der Waals surface area contributed by atoms with E-state index in [2.05, 4.69) is 23.5 Å². The molecular weight excluding hydrogens is 660 g/mol. The van der Waals surface area contributed by atoms with Gasteiger partial charge in [0.15, 0.2) is 0 Å². The summed E-state index contributed by atoms with van der Waals surface area (Å²) < 4.78 is 15.9. The van der Waals surface area contributed by atoms with Crippen molar-refractivity contribution in [2.45, 2.75) is 58.8 Å². The van der Waals surface area contributed by atoms with E-state index in [4.69, 9.17) is 24.2 Å². The Morgan fingerprint density at radius 1 is 0.865 bits per heavy atom. The molecule has 0 unspecified atom stereocenters. The van der Waals surface area contributed by atoms with E-state index in [1.165, 1.54) is 14.2 Å². The van der Waals surface area contributed by atoms with Gasteiger partial charge in [0.1, 0.15) is 0 Å². The molecule has 3 aromatic heterocycles. The van der Waals surface area contributed by atoms with Gasteiger partial charge in [0.25, 0.3) is 0 Å². The van der Waals surface area contributed by atoms with Gasteiger partial charge in [-0.15, -0.1) is 0 Å². The molecule has 0 spiro atoms. The highest BCUT2D eigenvalue weighted by molar-refractivity contribution is 5.96. The maximum atomic E-state index is 13.1. The molecule has 8 bridgehead atoms. The number of H-pyrrole nitrogens is 2. The summed E-state index contributed by atoms with van der Waals surface area (Å²) in [6, 6.07) is 7.94. The van der Waals surface area contributed by atoms with Crippen LogP contribution in [0.3, 0.4) is 0 Å². The van der Waals surface area contributed by atoms with Gasteiger partial charge in [0, 0.05) is 64.5 Å². The highest BCUT2D eigenvalue weighted by Gasteiger charge is 2.49. The molecule has 3 N–H and O–H groups in total. The maximum Gasteiger partial charge on any atom is 0.334 e. The number of aliphatic carboxylic acids is 1. The van der Waals surface area contributed by atoms with Crippen LogP contribution in [0, 0.1) is 19.8 Å². The molecule has 0 aromatic carbocycles. The first-order valence-corrected chi connectivity index (χ1v) is 17.2. The van der Waals surface area contributed by atoms with Gasteiger partial charge < -0.3 is 29.3 Å². The fraction of sp³-hybridized carbons (Fsp3) is 0.341. The van der Waals surface area contributed by atoms with Crippen molar-refractivity contribution in [2.75, 3.05) is 27.9 Å². The van der Waals surface area contributed by atoms with Gasteiger partial charge in [0.2, 0.25) is 0 Å². The molecule has 11 nitrogen and oxygen atoms in total. The number of ether oxygens (including phenoxy) is 3. The van der Waals surface area contributed by atoms with Gasteiger partial charge in [-0.3, -0.25) is 14.6 Å². The zero-order chi connectivity index (χ0) is 37.5. The van der Waals surface area contributed by atoms with Gasteiger partial charge >= 0.3 is 17.9 Å². The summed E-state index contributed by atoms with van der Waals surface area (Å²) in [5, 5.41) is 9.68. The molecular formula is C41H44N4O7. The monoisotopic (exact) mass is 704 g/mol. The largest absolute Gasteiger partial charge is 0.481 e. The van der Waals surface area contributed by atoms with Crippen molar-refractivity contribution in [3.8, 4) is 0 Å². The van der Waals surface area contributed by atoms with E-state index in [0.717, 1.165) is 66.9 Å². The Kier molecular flexibility index (Phi) is 9.92. The van der Waals surface area contributed by atoms with Crippen LogP contribution in [0.2, 0.25) is 0 Å². The number of carbonyl (C=O) groups excluding carboxylic acids is 2. The fourth-order valence-electron chi connectivity index (χ4n) is 7.73. The molecule has 0 fully saturated rings. The molecule has 11 heteroatoms. The van der Waals surface area contributed by atoms with Gasteiger partial charge in [-0.1, -0.05) is 24.8 Å². The van der Waals surface area contributed by atoms with E-state index in [0.29, 0.717) is 28.9 Å². The molecule has 3 aromatic rings. The maximum absolute atomic E-state index is 13.1. The standard InChI is InChI=1S/C41H44N4O7/c1-9-24-21(2)31-17-36-28-13-10-27(40(49)52-8)29(20-50-6)41(28,5)37(45-36)19-32-23(4)25(11-14-38(46)47)34(44-32)18-35-26(12-15-39(48)51-7)22(3)30(43-35)16-33(24)42-31/h9-10,13,16-19,29,42,44H,1,11-12,14-15,20H2,2-8H3,(H,46,47)/t29-,41+/m1/s1. The molecule has 5 heterocycles. The van der Waals surface area contributed by atoms with E-state index in [1.807, 2.05) is 57.2 Å². The van der Waals surface area contributed by atoms with Crippen molar-refractivity contribution in [1.82, 2.24) is 19.9 Å². The first-order chi connectivity index (χ1) is 24.9. The van der Waals surface area contributed by atoms with Crippen LogP contribution in [-0.2, 0) is 40.4 Å². The molecule has 0 saturated heterocycles. The Labute approximate surface area is 302 Å². The number of esters is 2. The zero-order valence-electron chi connectivity index (χ0n) is 30.7. The van der Waals surface area contributed by atoms with E-state index in [-0.39, 0.29) is 31.8 Å². The lowest BCUT2D eigenvalue weighted by Crippen LogP contribution is -2.39. The van der Waals surface area contributed by atoms with Crippen molar-refractivity contribution in [1.29, 1.82) is 0 Å². The van der Waals surface area contributed by atoms with Gasteiger partial charge in [0.05, 0.1) is 43.6 Å². The Bertz CT molecular complexity index is 2290. The Morgan fingerprint density at radius 3 is 2.23 bits per heavy atom. The number of aromatic amines is 2. The minimum Gasteiger partial charge on any atom is -0.481 e. The third-order valence-corrected chi connectivity index (χ3v) is 10.8. The van der Waals surface area contributed by atoms with Gasteiger partial charge in [-0.05, 0) is 98.2 Å². The van der Waals surface area contributed by atoms with Crippen molar-refractivity contribution >= 4 is 62.8 Å². The molecule has 270 valence electrons. The van der Waals surface area contributed by atoms with E-state index in [9.17, 15) is 19.5 Å². The SMILES string of the molecule is C=Cc1c(C)c2cc3nc(cc4[nH]c(cc5nc(cc1[nH]2)C(C)=C5CCC(=O)OC)c(CCC(=O)O)c4C)[C@@]1(C)C3=CC=C(C(=O)OC)[C@H]1COC. The second-order valence-electron chi connectivity index (χ2n) is 13.6. The summed E-state index contributed by atoms with van der Waals surface area (Å²) in [7, 11) is 4.35. The van der Waals surface area contributed by atoms with Crippen LogP contribution in [0.4, 0.5) is 0 Å². The summed E-state index contributed by atoms with van der Waals surface area (Å²) in [5.74, 6) is -2.09. The summed E-state index contributed by atoms with van der Waals surface area (Å²) in [6.07, 6.45) is 6.35. The molecule has 0 radical (unpaired) electrons. The number of carbonyl (C=O) groups is 3. The smallest absolute Gasteiger partial charge is 0.334 e. The molecule has 3 aliphatic rings. The number of rotatable bonds is 10. The molecule has 0 amide bonds. The van der Waals surface area contributed by atoms with Crippen molar-refractivity contribution < 1.29 is 33.7 Å². The van der Waals surface area contributed by atoms with Crippen LogP contribution >= 0.6 is 0 Å². The van der Waals surface area contributed by atoms with E-state index in [1.54, 1.807) is 13.2 Å². The van der Waals surface area contributed by atoms with Crippen LogP contribution < -0.4 is 0 Å². The quantitative estimate of drug-likeness (QED) is 0.186. The predicted octanol–water partition coefficient (Wildman–Crippen LogP) is 7.19. The third kappa shape index (κ3) is 6.19. The van der Waals surface area contributed by atoms with Gasteiger partial charge in [-0.2, -0.15) is 0 Å². The molecule has 2 aliphatic heterocycles. The normalized spacial score (nSPS) is 18.0. The van der Waals surface area contributed by atoms with Crippen molar-refractivity contribution in [2.24, 2.45) is 5.92 Å². The zero-order valence-corrected chi connectivity index (χ0v) is 30.7. The number of nitrogens with one attached hydrogen (secondary N) is 2. The van der Waals surface area contributed by atoms with E-state index >= 15 is 0 Å². The minimum absolute atomic E-state index is 0.0685. The number of nitrogens with zero attached hydrogens (tertiary/aromatic N) is 2. The lowest BCUT2D eigenvalue weighted by Gasteiger charge is -2.38. The predicted molar refractivity (Wildman–Crippen MR) is 201 cm³/mol. The number of methoxy groups -OCH3 is 3. The van der Waals surface area contributed by atoms with Crippen molar-refractivity contribution in [3.63, 3.8) is 0 Å². The van der Waals surface area contributed by atoms with Crippen LogP contribution in [0.1, 0.15) is 78.1 Å². The number of carboxylic acid groups (broad SMARTS) is 1. The Balaban J connectivity index is 1.75. The number of aryl methyl sites for hydroxylation is 3. The van der Waals surface area contributed by atoms with Crippen molar-refractivity contribution in [3.05, 3.63) is 93.6 Å². The second kappa shape index (κ2) is 14.2. The summed E-state index contributed by atoms with van der Waals surface area (Å²) in [6.45, 7) is 12.4. The highest BCUT2D eigenvalue weighted by atomic mass is 16.5. The number of hydrogen-bond acceptors (Lipinski definition) is 8. The molecule has 1 aliphatic carbocycles. The molecule has 6 rings (SSSR count). The van der Waals surface area contributed by atoms with Crippen LogP contribution in [0.25, 0.3) is 44.9 Å². The summed E-state index contributed by atoms with van der Waals surface area (Å²) in [4.78, 5) is 54.7. The fourth-order valence-corrected chi connectivity index (χ4v) is 7.73. The highest BCUT2D eigenvalue weighted by Crippen LogP contribution is 2.52. The topological polar surface area (TPSA) is 156 Å². The number of fused-ring (bicyclic) bond motifs is 11. The summed E-state index contributed by atoms with van der Waals surface area (Å²) >= 11 is 0. The van der Waals surface area contributed by atoms with Crippen LogP contribution in [0.15, 0.2) is 48.6 Å². The van der Waals surface area contributed by atoms with Crippen LogP contribution in [-0.4, -0.2) is 70.9 Å². The van der Waals surface area contributed by atoms with Crippen LogP contribution in [0.5, 0.6) is 0 Å². The lowest BCUT2D eigenvalue weighted by atomic mass is 9.64. The van der Waals surface area contributed by atoms with Gasteiger partial charge in [-0.25, -0.2) is 9.78 Å². The number of allylic oxidation sites excluding steroid dienone is 5. The third-order valence-electron chi connectivity index (χ3n) is 10.8. The first-order valence-electron chi connectivity index (χ1n) is 17.2. The lowest BCUT2D eigenvalue weighted by molar-refractivity contribution is -0.140. The number of carboxylic acids is 1. The molecule has 2 atom stereocenters. The number of hydrogen-bond donors (Lipinski definition) is 3. The summed E-state index contributed by atoms with van der Waals surface area (Å²) in [5.41, 5.74) is 12.0. The molecule has 52 heavy (non-hydrogen) atoms. The molecule has 0 saturated carbocycles. The number of aromatic nitrogens is 4. The average Bonchev–Trinajstić information content (AvgIpc) is 3.77. The minimum atomic E-state index is -0.907. The Morgan fingerprint density at radius 2 is 1.56 bits per heavy atom. The average molecular weight is 705 g/mol.